The first-order chi connectivity index (χ1) is 4.22. The summed E-state index contributed by atoms with van der Waals surface area (Å²) in [7, 11) is 0. The quantitative estimate of drug-likeness (QED) is 0.379. The molecule has 50 valence electrons. The van der Waals surface area contributed by atoms with E-state index in [4.69, 9.17) is 5.73 Å². The summed E-state index contributed by atoms with van der Waals surface area (Å²) in [5.74, 6) is -0.527. The van der Waals surface area contributed by atoms with Crippen LogP contribution in [0.3, 0.4) is 0 Å². The molecule has 1 heterocycles. The van der Waals surface area contributed by atoms with E-state index in [1.54, 1.807) is 0 Å². The number of aromatic nitrogens is 1. The molecule has 2 N–H and O–H groups in total. The summed E-state index contributed by atoms with van der Waals surface area (Å²) < 4.78 is 0.572. The van der Waals surface area contributed by atoms with Crippen molar-refractivity contribution >= 4 is 29.9 Å². The van der Waals surface area contributed by atoms with Crippen LogP contribution < -0.4 is 35.3 Å². The molecule has 1 rings (SSSR count). The van der Waals surface area contributed by atoms with Gasteiger partial charge < -0.3 is 7.16 Å². The fourth-order valence-electron chi connectivity index (χ4n) is 0.409. The summed E-state index contributed by atoms with van der Waals surface area (Å²) in [5, 5.41) is 0. The second kappa shape index (κ2) is 4.35. The Morgan fingerprint density at radius 2 is 2.50 bits per heavy atom. The largest absolute Gasteiger partial charge is 1.00 e. The minimum absolute atomic E-state index is 0. The first-order valence-corrected chi connectivity index (χ1v) is 3.46. The van der Waals surface area contributed by atoms with Crippen molar-refractivity contribution in [2.75, 3.05) is 0 Å². The van der Waals surface area contributed by atoms with E-state index >= 15 is 0 Å². The van der Waals surface area contributed by atoms with Crippen molar-refractivity contribution in [1.29, 1.82) is 0 Å². The predicted octanol–water partition coefficient (Wildman–Crippen LogP) is -2.35. The Morgan fingerprint density at radius 1 is 1.90 bits per heavy atom. The molecule has 0 aliphatic carbocycles. The van der Waals surface area contributed by atoms with Gasteiger partial charge in [-0.05, 0) is 0 Å². The van der Waals surface area contributed by atoms with Crippen LogP contribution >= 0.6 is 24.0 Å². The smallest absolute Gasteiger partial charge is 1.00 e. The Morgan fingerprint density at radius 3 is 2.70 bits per heavy atom. The fourth-order valence-corrected chi connectivity index (χ4v) is 1.24. The van der Waals surface area contributed by atoms with Crippen LogP contribution in [-0.2, 0) is 0 Å². The molecule has 0 atom stereocenters. The van der Waals surface area contributed by atoms with Gasteiger partial charge in [-0.1, -0.05) is 0 Å². The summed E-state index contributed by atoms with van der Waals surface area (Å²) in [4.78, 5) is 14.1. The molecule has 10 heavy (non-hydrogen) atoms. The number of thiol groups is 1. The second-order valence-electron chi connectivity index (χ2n) is 1.37. The number of primary amides is 1. The predicted molar refractivity (Wildman–Crippen MR) is 39.0 cm³/mol. The van der Waals surface area contributed by atoms with Gasteiger partial charge >= 0.3 is 29.6 Å². The summed E-state index contributed by atoms with van der Waals surface area (Å²) in [6, 6.07) is 0. The van der Waals surface area contributed by atoms with Gasteiger partial charge in [0.25, 0.3) is 5.91 Å². The standard InChI is InChI=1S/C4H4N2OS2.Na.H/c5-3(7)2-4(8)9-1-6-2;;/h1,8H,(H2,5,7);;/q;+1;-1. The van der Waals surface area contributed by atoms with E-state index in [1.807, 2.05) is 0 Å². The molecule has 3 nitrogen and oxygen atoms in total. The molecule has 6 heteroatoms. The van der Waals surface area contributed by atoms with Crippen LogP contribution in [0.25, 0.3) is 0 Å². The maximum absolute atomic E-state index is 10.4. The van der Waals surface area contributed by atoms with Crippen molar-refractivity contribution in [3.63, 3.8) is 0 Å². The third-order valence-electron chi connectivity index (χ3n) is 0.782. The summed E-state index contributed by atoms with van der Waals surface area (Å²) in [6.45, 7) is 0. The van der Waals surface area contributed by atoms with Gasteiger partial charge in [0.05, 0.1) is 9.72 Å². The van der Waals surface area contributed by atoms with Crippen LogP contribution in [0.4, 0.5) is 0 Å². The monoisotopic (exact) mass is 184 g/mol. The number of nitrogens with two attached hydrogens (primary N) is 1. The minimum atomic E-state index is -0.527. The number of nitrogens with zero attached hydrogens (tertiary/aromatic N) is 1. The summed E-state index contributed by atoms with van der Waals surface area (Å²) in [5.41, 5.74) is 6.70. The zero-order chi connectivity index (χ0) is 6.85. The summed E-state index contributed by atoms with van der Waals surface area (Å²) >= 11 is 5.23. The van der Waals surface area contributed by atoms with E-state index in [2.05, 4.69) is 17.6 Å². The van der Waals surface area contributed by atoms with Crippen molar-refractivity contribution in [3.05, 3.63) is 11.2 Å². The van der Waals surface area contributed by atoms with Gasteiger partial charge in [-0.3, -0.25) is 4.79 Å². The molecular weight excluding hydrogens is 179 g/mol. The van der Waals surface area contributed by atoms with Crippen molar-refractivity contribution in [1.82, 2.24) is 4.98 Å². The Balaban J connectivity index is 0. The van der Waals surface area contributed by atoms with Crippen LogP contribution in [0.15, 0.2) is 9.72 Å². The van der Waals surface area contributed by atoms with Crippen molar-refractivity contribution < 1.29 is 35.8 Å². The average molecular weight is 184 g/mol. The molecular formula is C4H5N2NaOS2. The van der Waals surface area contributed by atoms with Crippen molar-refractivity contribution in [2.45, 2.75) is 4.21 Å². The van der Waals surface area contributed by atoms with E-state index in [1.165, 1.54) is 16.8 Å². The Labute approximate surface area is 91.2 Å². The van der Waals surface area contributed by atoms with Gasteiger partial charge in [0.15, 0.2) is 5.69 Å². The van der Waals surface area contributed by atoms with E-state index in [0.29, 0.717) is 4.21 Å². The van der Waals surface area contributed by atoms with Gasteiger partial charge in [0.2, 0.25) is 0 Å². The maximum Gasteiger partial charge on any atom is 1.00 e. The van der Waals surface area contributed by atoms with Crippen LogP contribution in [0.2, 0.25) is 0 Å². The molecule has 0 unspecified atom stereocenters. The molecule has 1 aromatic rings. The topological polar surface area (TPSA) is 56.0 Å². The zero-order valence-electron chi connectivity index (χ0n) is 6.37. The number of rotatable bonds is 1. The Hall–Kier alpha value is 0.450. The molecule has 0 aromatic carbocycles. The average Bonchev–Trinajstić information content (AvgIpc) is 2.13. The van der Waals surface area contributed by atoms with E-state index < -0.39 is 5.91 Å². The molecule has 0 bridgehead atoms. The third-order valence-corrected chi connectivity index (χ3v) is 1.94. The number of carbonyl (C=O) groups is 1. The number of carbonyl (C=O) groups excluding carboxylic acids is 1. The van der Waals surface area contributed by atoms with Crippen LogP contribution in [-0.4, -0.2) is 10.9 Å². The van der Waals surface area contributed by atoms with E-state index in [0.717, 1.165) is 0 Å². The van der Waals surface area contributed by atoms with Crippen molar-refractivity contribution in [3.8, 4) is 0 Å². The van der Waals surface area contributed by atoms with Gasteiger partial charge in [-0.25, -0.2) is 4.98 Å². The number of hydrogen-bond acceptors (Lipinski definition) is 4. The Kier molecular flexibility index (Phi) is 4.55. The second-order valence-corrected chi connectivity index (χ2v) is 2.97. The number of amides is 1. The molecule has 1 aromatic heterocycles. The van der Waals surface area contributed by atoms with E-state index in [9.17, 15) is 4.79 Å². The van der Waals surface area contributed by atoms with Crippen molar-refractivity contribution in [2.24, 2.45) is 5.73 Å². The van der Waals surface area contributed by atoms with Gasteiger partial charge in [0, 0.05) is 0 Å². The van der Waals surface area contributed by atoms with E-state index in [-0.39, 0.29) is 36.7 Å². The van der Waals surface area contributed by atoms with Crippen LogP contribution in [0, 0.1) is 0 Å². The van der Waals surface area contributed by atoms with Crippen LogP contribution in [0.1, 0.15) is 11.9 Å². The molecule has 0 spiro atoms. The first-order valence-electron chi connectivity index (χ1n) is 2.14. The van der Waals surface area contributed by atoms with Crippen LogP contribution in [0.5, 0.6) is 0 Å². The third kappa shape index (κ3) is 2.25. The fraction of sp³-hybridized carbons (Fsp3) is 0. The normalized spacial score (nSPS) is 8.50. The zero-order valence-corrected chi connectivity index (χ0v) is 9.08. The number of thiazole rings is 1. The Bertz CT molecular complexity index is 242. The van der Waals surface area contributed by atoms with Gasteiger partial charge in [-0.2, -0.15) is 0 Å². The minimum Gasteiger partial charge on any atom is -1.00 e. The molecule has 0 aliphatic rings. The number of hydrogen-bond donors (Lipinski definition) is 2. The molecule has 0 saturated heterocycles. The molecule has 0 aliphatic heterocycles. The summed E-state index contributed by atoms with van der Waals surface area (Å²) in [6.07, 6.45) is 0. The SMILES string of the molecule is NC(=O)c1ncsc1S.[H-].[Na+]. The maximum atomic E-state index is 10.4. The molecule has 0 radical (unpaired) electrons. The molecule has 0 saturated carbocycles. The van der Waals surface area contributed by atoms with Gasteiger partial charge in [0.1, 0.15) is 0 Å². The van der Waals surface area contributed by atoms with Gasteiger partial charge in [-0.15, -0.1) is 24.0 Å². The molecule has 0 fully saturated rings. The molecule has 1 amide bonds. The first kappa shape index (κ1) is 10.4.